The van der Waals surface area contributed by atoms with Crippen molar-refractivity contribution >= 4 is 23.2 Å². The summed E-state index contributed by atoms with van der Waals surface area (Å²) in [6, 6.07) is 18.0. The Hall–Kier alpha value is -2.82. The molecule has 1 aliphatic rings. The molecule has 1 saturated heterocycles. The van der Waals surface area contributed by atoms with Crippen molar-refractivity contribution in [3.63, 3.8) is 0 Å². The first-order valence-corrected chi connectivity index (χ1v) is 9.95. The first-order chi connectivity index (χ1) is 13.5. The van der Waals surface area contributed by atoms with E-state index < -0.39 is 0 Å². The van der Waals surface area contributed by atoms with Crippen molar-refractivity contribution in [3.05, 3.63) is 60.2 Å². The standard InChI is InChI=1S/C23H29N3O2/c1-19(27)26(22-12-10-21(11-13-22)25-15-6-7-16-25)17-14-23(28)24(2)18-20-8-4-3-5-9-20/h3-5,8-13H,6-7,14-18H2,1-2H3. The minimum atomic E-state index is -0.0487. The Morgan fingerprint density at radius 3 is 2.21 bits per heavy atom. The van der Waals surface area contributed by atoms with Crippen molar-refractivity contribution in [1.29, 1.82) is 0 Å². The van der Waals surface area contributed by atoms with Gasteiger partial charge in [-0.15, -0.1) is 0 Å². The summed E-state index contributed by atoms with van der Waals surface area (Å²) in [5, 5.41) is 0. The van der Waals surface area contributed by atoms with Gasteiger partial charge in [-0.1, -0.05) is 30.3 Å². The number of nitrogens with zero attached hydrogens (tertiary/aromatic N) is 3. The zero-order valence-corrected chi connectivity index (χ0v) is 16.8. The molecule has 0 bridgehead atoms. The van der Waals surface area contributed by atoms with Gasteiger partial charge in [0.25, 0.3) is 0 Å². The van der Waals surface area contributed by atoms with E-state index in [2.05, 4.69) is 17.0 Å². The second kappa shape index (κ2) is 9.40. The highest BCUT2D eigenvalue weighted by atomic mass is 16.2. The van der Waals surface area contributed by atoms with Gasteiger partial charge < -0.3 is 14.7 Å². The van der Waals surface area contributed by atoms with Gasteiger partial charge in [0, 0.05) is 57.9 Å². The number of anilines is 2. The number of hydrogen-bond acceptors (Lipinski definition) is 3. The lowest BCUT2D eigenvalue weighted by Crippen LogP contribution is -2.34. The van der Waals surface area contributed by atoms with Crippen LogP contribution in [0.2, 0.25) is 0 Å². The first-order valence-electron chi connectivity index (χ1n) is 9.95. The summed E-state index contributed by atoms with van der Waals surface area (Å²) in [6.07, 6.45) is 2.77. The molecule has 0 aliphatic carbocycles. The largest absolute Gasteiger partial charge is 0.372 e. The molecule has 148 valence electrons. The van der Waals surface area contributed by atoms with Crippen LogP contribution in [0.5, 0.6) is 0 Å². The van der Waals surface area contributed by atoms with E-state index in [1.54, 1.807) is 23.8 Å². The van der Waals surface area contributed by atoms with Crippen LogP contribution in [0, 0.1) is 0 Å². The van der Waals surface area contributed by atoms with Gasteiger partial charge in [-0.2, -0.15) is 0 Å². The molecule has 0 radical (unpaired) electrons. The number of amides is 2. The fourth-order valence-electron chi connectivity index (χ4n) is 3.63. The van der Waals surface area contributed by atoms with Gasteiger partial charge in [-0.25, -0.2) is 0 Å². The van der Waals surface area contributed by atoms with E-state index in [0.29, 0.717) is 19.5 Å². The van der Waals surface area contributed by atoms with Crippen molar-refractivity contribution < 1.29 is 9.59 Å². The number of rotatable bonds is 7. The van der Waals surface area contributed by atoms with Gasteiger partial charge in [0.2, 0.25) is 11.8 Å². The van der Waals surface area contributed by atoms with E-state index in [-0.39, 0.29) is 11.8 Å². The molecular weight excluding hydrogens is 350 g/mol. The highest BCUT2D eigenvalue weighted by Gasteiger charge is 2.17. The van der Waals surface area contributed by atoms with Crippen molar-refractivity contribution in [1.82, 2.24) is 4.90 Å². The van der Waals surface area contributed by atoms with Crippen LogP contribution in [-0.4, -0.2) is 43.4 Å². The third-order valence-corrected chi connectivity index (χ3v) is 5.25. The average Bonchev–Trinajstić information content (AvgIpc) is 3.24. The smallest absolute Gasteiger partial charge is 0.224 e. The molecule has 5 heteroatoms. The molecule has 0 spiro atoms. The van der Waals surface area contributed by atoms with Gasteiger partial charge in [0.15, 0.2) is 0 Å². The molecule has 1 heterocycles. The van der Waals surface area contributed by atoms with Crippen molar-refractivity contribution in [3.8, 4) is 0 Å². The Labute approximate surface area is 167 Å². The van der Waals surface area contributed by atoms with Crippen molar-refractivity contribution in [2.75, 3.05) is 36.5 Å². The Kier molecular flexibility index (Phi) is 6.69. The molecule has 2 amide bonds. The maximum absolute atomic E-state index is 12.5. The van der Waals surface area contributed by atoms with E-state index in [0.717, 1.165) is 24.3 Å². The third-order valence-electron chi connectivity index (χ3n) is 5.25. The molecule has 3 rings (SSSR count). The highest BCUT2D eigenvalue weighted by molar-refractivity contribution is 5.92. The van der Waals surface area contributed by atoms with Crippen LogP contribution in [0.15, 0.2) is 54.6 Å². The zero-order valence-electron chi connectivity index (χ0n) is 16.8. The van der Waals surface area contributed by atoms with Gasteiger partial charge >= 0.3 is 0 Å². The van der Waals surface area contributed by atoms with Gasteiger partial charge in [-0.05, 0) is 42.7 Å². The first kappa shape index (κ1) is 19.9. The summed E-state index contributed by atoms with van der Waals surface area (Å²) in [4.78, 5) is 30.4. The van der Waals surface area contributed by atoms with E-state index >= 15 is 0 Å². The lowest BCUT2D eigenvalue weighted by atomic mass is 10.2. The normalized spacial score (nSPS) is 13.4. The van der Waals surface area contributed by atoms with Crippen LogP contribution in [-0.2, 0) is 16.1 Å². The number of benzene rings is 2. The predicted octanol–water partition coefficient (Wildman–Crippen LogP) is 3.69. The Morgan fingerprint density at radius 2 is 1.61 bits per heavy atom. The molecular formula is C23H29N3O2. The second-order valence-corrected chi connectivity index (χ2v) is 7.37. The molecule has 0 N–H and O–H groups in total. The molecule has 0 aromatic heterocycles. The number of carbonyl (C=O) groups is 2. The van der Waals surface area contributed by atoms with Crippen molar-refractivity contribution in [2.24, 2.45) is 0 Å². The average molecular weight is 380 g/mol. The number of hydrogen-bond donors (Lipinski definition) is 0. The van der Waals surface area contributed by atoms with Gasteiger partial charge in [0.05, 0.1) is 0 Å². The topological polar surface area (TPSA) is 43.9 Å². The predicted molar refractivity (Wildman–Crippen MR) is 113 cm³/mol. The van der Waals surface area contributed by atoms with Crippen LogP contribution in [0.4, 0.5) is 11.4 Å². The molecule has 2 aromatic rings. The fraction of sp³-hybridized carbons (Fsp3) is 0.391. The van der Waals surface area contributed by atoms with E-state index in [1.165, 1.54) is 18.5 Å². The molecule has 0 atom stereocenters. The van der Waals surface area contributed by atoms with E-state index in [4.69, 9.17) is 0 Å². The molecule has 1 fully saturated rings. The summed E-state index contributed by atoms with van der Waals surface area (Å²) >= 11 is 0. The summed E-state index contributed by atoms with van der Waals surface area (Å²) in [5.74, 6) is -0.0174. The Morgan fingerprint density at radius 1 is 0.964 bits per heavy atom. The third kappa shape index (κ3) is 5.12. The van der Waals surface area contributed by atoms with Crippen LogP contribution in [0.25, 0.3) is 0 Å². The highest BCUT2D eigenvalue weighted by Crippen LogP contribution is 2.24. The van der Waals surface area contributed by atoms with Gasteiger partial charge in [0.1, 0.15) is 0 Å². The monoisotopic (exact) mass is 379 g/mol. The minimum Gasteiger partial charge on any atom is -0.372 e. The lowest BCUT2D eigenvalue weighted by molar-refractivity contribution is -0.130. The molecule has 0 unspecified atom stereocenters. The van der Waals surface area contributed by atoms with Crippen molar-refractivity contribution in [2.45, 2.75) is 32.7 Å². The molecule has 28 heavy (non-hydrogen) atoms. The molecule has 0 saturated carbocycles. The van der Waals surface area contributed by atoms with E-state index in [9.17, 15) is 9.59 Å². The SMILES string of the molecule is CC(=O)N(CCC(=O)N(C)Cc1ccccc1)c1ccc(N2CCCC2)cc1. The van der Waals surface area contributed by atoms with Crippen LogP contribution < -0.4 is 9.80 Å². The van der Waals surface area contributed by atoms with E-state index in [1.807, 2.05) is 42.5 Å². The summed E-state index contributed by atoms with van der Waals surface area (Å²) < 4.78 is 0. The summed E-state index contributed by atoms with van der Waals surface area (Å²) in [6.45, 7) is 4.70. The summed E-state index contributed by atoms with van der Waals surface area (Å²) in [7, 11) is 1.80. The van der Waals surface area contributed by atoms with Crippen LogP contribution in [0.3, 0.4) is 0 Å². The second-order valence-electron chi connectivity index (χ2n) is 7.37. The molecule has 1 aliphatic heterocycles. The lowest BCUT2D eigenvalue weighted by Gasteiger charge is -2.24. The van der Waals surface area contributed by atoms with Crippen LogP contribution in [0.1, 0.15) is 31.7 Å². The molecule has 5 nitrogen and oxygen atoms in total. The Bertz CT molecular complexity index is 783. The maximum atomic E-state index is 12.5. The van der Waals surface area contributed by atoms with Crippen LogP contribution >= 0.6 is 0 Å². The fourth-order valence-corrected chi connectivity index (χ4v) is 3.63. The zero-order chi connectivity index (χ0) is 19.9. The quantitative estimate of drug-likeness (QED) is 0.737. The molecule has 2 aromatic carbocycles. The number of carbonyl (C=O) groups excluding carboxylic acids is 2. The maximum Gasteiger partial charge on any atom is 0.224 e. The van der Waals surface area contributed by atoms with Gasteiger partial charge in [-0.3, -0.25) is 9.59 Å². The Balaban J connectivity index is 1.58. The minimum absolute atomic E-state index is 0.0313. The summed E-state index contributed by atoms with van der Waals surface area (Å²) in [5.41, 5.74) is 3.14.